The van der Waals surface area contributed by atoms with Gasteiger partial charge in [-0.2, -0.15) is 11.3 Å². The molecular weight excluding hydrogens is 342 g/mol. The second-order valence-corrected chi connectivity index (χ2v) is 7.66. The van der Waals surface area contributed by atoms with E-state index in [4.69, 9.17) is 4.74 Å². The van der Waals surface area contributed by atoms with Crippen molar-refractivity contribution in [3.05, 3.63) is 70.9 Å². The number of ether oxygens (including phenoxy) is 1. The second kappa shape index (κ2) is 7.17. The number of hydrogen-bond donors (Lipinski definition) is 1. The van der Waals surface area contributed by atoms with Crippen LogP contribution < -0.4 is 9.46 Å². The molecule has 0 amide bonds. The first-order chi connectivity index (χ1) is 11.6. The van der Waals surface area contributed by atoms with Gasteiger partial charge in [-0.25, -0.2) is 13.1 Å². The van der Waals surface area contributed by atoms with Gasteiger partial charge < -0.3 is 4.74 Å². The van der Waals surface area contributed by atoms with Crippen LogP contribution in [0, 0.1) is 0 Å². The van der Waals surface area contributed by atoms with Crippen molar-refractivity contribution in [2.45, 2.75) is 11.4 Å². The lowest BCUT2D eigenvalue weighted by molar-refractivity contribution is 0.402. The third kappa shape index (κ3) is 3.51. The van der Waals surface area contributed by atoms with Crippen LogP contribution in [0.5, 0.6) is 5.75 Å². The topological polar surface area (TPSA) is 55.4 Å². The zero-order valence-electron chi connectivity index (χ0n) is 13.1. The van der Waals surface area contributed by atoms with Crippen molar-refractivity contribution >= 4 is 21.4 Å². The average molecular weight is 359 g/mol. The Bertz CT molecular complexity index is 919. The molecule has 0 atom stereocenters. The van der Waals surface area contributed by atoms with Gasteiger partial charge in [0, 0.05) is 6.54 Å². The number of methoxy groups -OCH3 is 1. The van der Waals surface area contributed by atoms with Crippen LogP contribution in [0.4, 0.5) is 0 Å². The number of sulfonamides is 1. The first kappa shape index (κ1) is 16.7. The minimum atomic E-state index is -3.66. The summed E-state index contributed by atoms with van der Waals surface area (Å²) in [4.78, 5) is 0.139. The van der Waals surface area contributed by atoms with E-state index in [1.54, 1.807) is 29.5 Å². The van der Waals surface area contributed by atoms with Crippen LogP contribution in [0.1, 0.15) is 5.56 Å². The predicted molar refractivity (Wildman–Crippen MR) is 96.8 cm³/mol. The molecule has 1 N–H and O–H groups in total. The minimum Gasteiger partial charge on any atom is -0.495 e. The Kier molecular flexibility index (Phi) is 4.99. The van der Waals surface area contributed by atoms with Crippen LogP contribution >= 0.6 is 11.3 Å². The third-order valence-electron chi connectivity index (χ3n) is 3.66. The molecule has 4 nitrogen and oxygen atoms in total. The molecule has 0 unspecified atom stereocenters. The second-order valence-electron chi connectivity index (χ2n) is 5.14. The van der Waals surface area contributed by atoms with Crippen LogP contribution in [0.15, 0.2) is 70.3 Å². The normalized spacial score (nSPS) is 11.4. The highest BCUT2D eigenvalue weighted by molar-refractivity contribution is 7.89. The Morgan fingerprint density at radius 2 is 1.79 bits per heavy atom. The summed E-state index contributed by atoms with van der Waals surface area (Å²) in [6, 6.07) is 16.4. The van der Waals surface area contributed by atoms with E-state index in [1.807, 2.05) is 41.1 Å². The molecule has 3 aromatic rings. The van der Waals surface area contributed by atoms with Crippen molar-refractivity contribution in [1.82, 2.24) is 4.72 Å². The molecule has 0 radical (unpaired) electrons. The quantitative estimate of drug-likeness (QED) is 0.726. The van der Waals surface area contributed by atoms with Gasteiger partial charge in [0.05, 0.1) is 7.11 Å². The number of thiophene rings is 1. The lowest BCUT2D eigenvalue weighted by Gasteiger charge is -2.12. The van der Waals surface area contributed by atoms with E-state index in [0.717, 1.165) is 16.7 Å². The smallest absolute Gasteiger partial charge is 0.244 e. The highest BCUT2D eigenvalue weighted by atomic mass is 32.2. The Hall–Kier alpha value is -2.15. The molecule has 0 aliphatic heterocycles. The summed E-state index contributed by atoms with van der Waals surface area (Å²) < 4.78 is 33.0. The van der Waals surface area contributed by atoms with Gasteiger partial charge in [0.25, 0.3) is 0 Å². The van der Waals surface area contributed by atoms with Crippen LogP contribution in [0.3, 0.4) is 0 Å². The highest BCUT2D eigenvalue weighted by Crippen LogP contribution is 2.27. The SMILES string of the molecule is COc1ccccc1S(=O)(=O)NCc1ccccc1-c1ccsc1. The molecule has 6 heteroatoms. The fourth-order valence-electron chi connectivity index (χ4n) is 2.47. The molecule has 0 bridgehead atoms. The van der Waals surface area contributed by atoms with E-state index in [1.165, 1.54) is 13.2 Å². The van der Waals surface area contributed by atoms with Gasteiger partial charge in [-0.1, -0.05) is 36.4 Å². The molecule has 0 aliphatic rings. The van der Waals surface area contributed by atoms with Gasteiger partial charge in [-0.15, -0.1) is 0 Å². The fraction of sp³-hybridized carbons (Fsp3) is 0.111. The van der Waals surface area contributed by atoms with Crippen LogP contribution in [-0.4, -0.2) is 15.5 Å². The van der Waals surface area contributed by atoms with Gasteiger partial charge in [0.1, 0.15) is 10.6 Å². The van der Waals surface area contributed by atoms with E-state index in [2.05, 4.69) is 4.72 Å². The van der Waals surface area contributed by atoms with Crippen molar-refractivity contribution < 1.29 is 13.2 Å². The average Bonchev–Trinajstić information content (AvgIpc) is 3.15. The van der Waals surface area contributed by atoms with Crippen molar-refractivity contribution in [1.29, 1.82) is 0 Å². The molecule has 0 aliphatic carbocycles. The molecule has 1 heterocycles. The Morgan fingerprint density at radius 3 is 2.54 bits per heavy atom. The van der Waals surface area contributed by atoms with E-state index in [-0.39, 0.29) is 11.4 Å². The summed E-state index contributed by atoms with van der Waals surface area (Å²) in [5, 5.41) is 4.05. The molecule has 3 rings (SSSR count). The summed E-state index contributed by atoms with van der Waals surface area (Å²) in [5.41, 5.74) is 3.04. The van der Waals surface area contributed by atoms with E-state index >= 15 is 0 Å². The number of hydrogen-bond acceptors (Lipinski definition) is 4. The van der Waals surface area contributed by atoms with E-state index < -0.39 is 10.0 Å². The van der Waals surface area contributed by atoms with Crippen LogP contribution in [0.2, 0.25) is 0 Å². The van der Waals surface area contributed by atoms with Gasteiger partial charge in [-0.05, 0) is 45.6 Å². The molecular formula is C18H17NO3S2. The molecule has 1 aromatic heterocycles. The van der Waals surface area contributed by atoms with Crippen molar-refractivity contribution in [2.75, 3.05) is 7.11 Å². The lowest BCUT2D eigenvalue weighted by Crippen LogP contribution is -2.24. The predicted octanol–water partition coefficient (Wildman–Crippen LogP) is 3.90. The molecule has 0 saturated carbocycles. The van der Waals surface area contributed by atoms with Crippen molar-refractivity contribution in [3.8, 4) is 16.9 Å². The minimum absolute atomic E-state index is 0.139. The lowest BCUT2D eigenvalue weighted by atomic mass is 10.0. The summed E-state index contributed by atoms with van der Waals surface area (Å²) in [5.74, 6) is 0.330. The Labute approximate surface area is 145 Å². The van der Waals surface area contributed by atoms with Crippen LogP contribution in [0.25, 0.3) is 11.1 Å². The van der Waals surface area contributed by atoms with Gasteiger partial charge in [0.15, 0.2) is 0 Å². The standard InChI is InChI=1S/C18H17NO3S2/c1-22-17-8-4-5-9-18(17)24(20,21)19-12-14-6-2-3-7-16(14)15-10-11-23-13-15/h2-11,13,19H,12H2,1H3. The Morgan fingerprint density at radius 1 is 1.04 bits per heavy atom. The third-order valence-corrected chi connectivity index (χ3v) is 5.78. The maximum atomic E-state index is 12.6. The molecule has 2 aromatic carbocycles. The molecule has 24 heavy (non-hydrogen) atoms. The van der Waals surface area contributed by atoms with E-state index in [9.17, 15) is 8.42 Å². The molecule has 0 fully saturated rings. The number of benzene rings is 2. The first-order valence-corrected chi connectivity index (χ1v) is 9.77. The summed E-state index contributed by atoms with van der Waals surface area (Å²) >= 11 is 1.61. The van der Waals surface area contributed by atoms with Crippen molar-refractivity contribution in [3.63, 3.8) is 0 Å². The number of rotatable bonds is 6. The van der Waals surface area contributed by atoms with Gasteiger partial charge in [-0.3, -0.25) is 0 Å². The fourth-order valence-corrected chi connectivity index (χ4v) is 4.30. The molecule has 0 saturated heterocycles. The number of nitrogens with one attached hydrogen (secondary N) is 1. The molecule has 124 valence electrons. The maximum Gasteiger partial charge on any atom is 0.244 e. The molecule has 0 spiro atoms. The summed E-state index contributed by atoms with van der Waals surface area (Å²) in [6.45, 7) is 0.215. The Balaban J connectivity index is 1.86. The first-order valence-electron chi connectivity index (χ1n) is 7.35. The largest absolute Gasteiger partial charge is 0.495 e. The highest BCUT2D eigenvalue weighted by Gasteiger charge is 2.19. The number of para-hydroxylation sites is 1. The zero-order valence-corrected chi connectivity index (χ0v) is 14.7. The zero-order chi connectivity index (χ0) is 17.0. The summed E-state index contributed by atoms with van der Waals surface area (Å²) in [7, 11) is -2.20. The van der Waals surface area contributed by atoms with Crippen molar-refractivity contribution in [2.24, 2.45) is 0 Å². The monoisotopic (exact) mass is 359 g/mol. The summed E-state index contributed by atoms with van der Waals surface area (Å²) in [6.07, 6.45) is 0. The van der Waals surface area contributed by atoms with Crippen LogP contribution in [-0.2, 0) is 16.6 Å². The van der Waals surface area contributed by atoms with Gasteiger partial charge >= 0.3 is 0 Å². The maximum absolute atomic E-state index is 12.6. The van der Waals surface area contributed by atoms with E-state index in [0.29, 0.717) is 5.75 Å². The van der Waals surface area contributed by atoms with Gasteiger partial charge in [0.2, 0.25) is 10.0 Å².